The second kappa shape index (κ2) is 3.36. The van der Waals surface area contributed by atoms with Gasteiger partial charge in [0.2, 0.25) is 0 Å². The van der Waals surface area contributed by atoms with Crippen LogP contribution in [0, 0.1) is 11.3 Å². The van der Waals surface area contributed by atoms with E-state index in [1.807, 2.05) is 13.8 Å². The zero-order valence-electron chi connectivity index (χ0n) is 8.22. The molecule has 1 heterocycles. The monoisotopic (exact) mass is 185 g/mol. The maximum Gasteiger partial charge on any atom is 0.319 e. The van der Waals surface area contributed by atoms with Gasteiger partial charge in [-0.15, -0.1) is 0 Å². The number of hydrogen-bond donors (Lipinski definition) is 1. The summed E-state index contributed by atoms with van der Waals surface area (Å²) >= 11 is 0. The van der Waals surface area contributed by atoms with Gasteiger partial charge in [-0.1, -0.05) is 0 Å². The Hall–Kier alpha value is -1.06. The average Bonchev–Trinajstić information content (AvgIpc) is 2.25. The minimum absolute atomic E-state index is 0.0260. The van der Waals surface area contributed by atoms with Crippen molar-refractivity contribution in [3.63, 3.8) is 0 Å². The first-order chi connectivity index (χ1) is 5.96. The number of nitrogens with one attached hydrogen (secondary N) is 1. The molecule has 1 rings (SSSR count). The fraction of sp³-hybridized carbons (Fsp3) is 0.778. The Morgan fingerprint density at radius 2 is 2.38 bits per heavy atom. The van der Waals surface area contributed by atoms with E-state index in [-0.39, 0.29) is 11.9 Å². The standard InChI is InChI=1S/C9H15NO3/c1-4-12-7(10)6-5-9(2,3)13-8(6)11/h6,10H,4-5H2,1-3H3. The molecule has 4 nitrogen and oxygen atoms in total. The lowest BCUT2D eigenvalue weighted by Gasteiger charge is -2.14. The molecule has 1 fully saturated rings. The van der Waals surface area contributed by atoms with Crippen molar-refractivity contribution in [1.29, 1.82) is 5.41 Å². The molecular weight excluding hydrogens is 170 g/mol. The van der Waals surface area contributed by atoms with Gasteiger partial charge in [-0.3, -0.25) is 10.2 Å². The zero-order chi connectivity index (χ0) is 10.1. The molecule has 1 saturated heterocycles. The summed E-state index contributed by atoms with van der Waals surface area (Å²) in [5.74, 6) is -0.823. The van der Waals surface area contributed by atoms with Crippen molar-refractivity contribution in [2.45, 2.75) is 32.8 Å². The maximum atomic E-state index is 11.3. The number of rotatable bonds is 2. The van der Waals surface area contributed by atoms with E-state index in [4.69, 9.17) is 14.9 Å². The van der Waals surface area contributed by atoms with Crippen LogP contribution in [-0.2, 0) is 14.3 Å². The highest BCUT2D eigenvalue weighted by molar-refractivity contribution is 5.97. The molecule has 0 amide bonds. The van der Waals surface area contributed by atoms with Crippen molar-refractivity contribution in [1.82, 2.24) is 0 Å². The van der Waals surface area contributed by atoms with Crippen molar-refractivity contribution >= 4 is 11.9 Å². The Kier molecular flexibility index (Phi) is 2.59. The number of esters is 1. The highest BCUT2D eigenvalue weighted by Gasteiger charge is 2.43. The van der Waals surface area contributed by atoms with E-state index in [0.29, 0.717) is 13.0 Å². The lowest BCUT2D eigenvalue weighted by Crippen LogP contribution is -2.21. The van der Waals surface area contributed by atoms with Gasteiger partial charge in [0.05, 0.1) is 6.61 Å². The van der Waals surface area contributed by atoms with E-state index in [9.17, 15) is 4.79 Å². The molecule has 1 aliphatic heterocycles. The van der Waals surface area contributed by atoms with E-state index >= 15 is 0 Å². The van der Waals surface area contributed by atoms with Crippen LogP contribution in [0.3, 0.4) is 0 Å². The van der Waals surface area contributed by atoms with Crippen LogP contribution in [0.5, 0.6) is 0 Å². The van der Waals surface area contributed by atoms with Gasteiger partial charge in [0, 0.05) is 6.42 Å². The molecule has 1 atom stereocenters. The molecule has 74 valence electrons. The first-order valence-corrected chi connectivity index (χ1v) is 4.40. The number of cyclic esters (lactones) is 1. The summed E-state index contributed by atoms with van der Waals surface area (Å²) in [5.41, 5.74) is -0.453. The van der Waals surface area contributed by atoms with E-state index in [1.54, 1.807) is 6.92 Å². The van der Waals surface area contributed by atoms with E-state index in [0.717, 1.165) is 0 Å². The minimum Gasteiger partial charge on any atom is -0.481 e. The van der Waals surface area contributed by atoms with Gasteiger partial charge in [0.15, 0.2) is 5.90 Å². The van der Waals surface area contributed by atoms with Gasteiger partial charge < -0.3 is 9.47 Å². The van der Waals surface area contributed by atoms with Crippen molar-refractivity contribution in [3.05, 3.63) is 0 Å². The van der Waals surface area contributed by atoms with Crippen LogP contribution < -0.4 is 0 Å². The fourth-order valence-corrected chi connectivity index (χ4v) is 1.42. The quantitative estimate of drug-likeness (QED) is 0.401. The molecule has 1 aliphatic rings. The molecule has 4 heteroatoms. The molecule has 0 saturated carbocycles. The lowest BCUT2D eigenvalue weighted by molar-refractivity contribution is -0.147. The van der Waals surface area contributed by atoms with Crippen LogP contribution in [0.1, 0.15) is 27.2 Å². The van der Waals surface area contributed by atoms with Crippen LogP contribution in [0.2, 0.25) is 0 Å². The predicted molar refractivity (Wildman–Crippen MR) is 47.6 cm³/mol. The molecule has 1 N–H and O–H groups in total. The summed E-state index contributed by atoms with van der Waals surface area (Å²) < 4.78 is 10.0. The van der Waals surface area contributed by atoms with Crippen LogP contribution in [0.4, 0.5) is 0 Å². The normalized spacial score (nSPS) is 25.5. The first kappa shape index (κ1) is 10.0. The summed E-state index contributed by atoms with van der Waals surface area (Å²) in [6.45, 7) is 5.89. The topological polar surface area (TPSA) is 59.4 Å². The third-order valence-electron chi connectivity index (χ3n) is 1.97. The van der Waals surface area contributed by atoms with Gasteiger partial charge >= 0.3 is 5.97 Å². The first-order valence-electron chi connectivity index (χ1n) is 4.40. The Labute approximate surface area is 77.7 Å². The molecule has 0 aromatic heterocycles. The maximum absolute atomic E-state index is 11.3. The third kappa shape index (κ3) is 2.20. The van der Waals surface area contributed by atoms with E-state index in [2.05, 4.69) is 0 Å². The number of carbonyl (C=O) groups excluding carboxylic acids is 1. The molecule has 1 unspecified atom stereocenters. The second-order valence-corrected chi connectivity index (χ2v) is 3.73. The highest BCUT2D eigenvalue weighted by Crippen LogP contribution is 2.31. The molecule has 0 bridgehead atoms. The van der Waals surface area contributed by atoms with Crippen molar-refractivity contribution in [3.8, 4) is 0 Å². The molecule has 0 aliphatic carbocycles. The van der Waals surface area contributed by atoms with Gasteiger partial charge in [0.25, 0.3) is 0 Å². The second-order valence-electron chi connectivity index (χ2n) is 3.73. The SMILES string of the molecule is CCOC(=N)C1CC(C)(C)OC1=O. The Balaban J connectivity index is 2.63. The highest BCUT2D eigenvalue weighted by atomic mass is 16.6. The minimum atomic E-state index is -0.505. The third-order valence-corrected chi connectivity index (χ3v) is 1.97. The number of hydrogen-bond acceptors (Lipinski definition) is 4. The molecule has 0 radical (unpaired) electrons. The van der Waals surface area contributed by atoms with Crippen molar-refractivity contribution < 1.29 is 14.3 Å². The number of ether oxygens (including phenoxy) is 2. The van der Waals surface area contributed by atoms with E-state index < -0.39 is 11.5 Å². The van der Waals surface area contributed by atoms with Gasteiger partial charge in [-0.25, -0.2) is 0 Å². The Morgan fingerprint density at radius 1 is 1.77 bits per heavy atom. The van der Waals surface area contributed by atoms with Crippen LogP contribution in [0.15, 0.2) is 0 Å². The summed E-state index contributed by atoms with van der Waals surface area (Å²) in [6.07, 6.45) is 0.532. The van der Waals surface area contributed by atoms with Crippen LogP contribution in [0.25, 0.3) is 0 Å². The average molecular weight is 185 g/mol. The Bertz CT molecular complexity index is 235. The molecule has 13 heavy (non-hydrogen) atoms. The van der Waals surface area contributed by atoms with E-state index in [1.165, 1.54) is 0 Å². The summed E-state index contributed by atoms with van der Waals surface area (Å²) in [6, 6.07) is 0. The molecule has 0 spiro atoms. The molecule has 0 aromatic rings. The van der Waals surface area contributed by atoms with Crippen molar-refractivity contribution in [2.75, 3.05) is 6.61 Å². The Morgan fingerprint density at radius 3 is 2.77 bits per heavy atom. The lowest BCUT2D eigenvalue weighted by atomic mass is 9.97. The zero-order valence-corrected chi connectivity index (χ0v) is 8.22. The van der Waals surface area contributed by atoms with Gasteiger partial charge in [0.1, 0.15) is 11.5 Å². The van der Waals surface area contributed by atoms with Crippen LogP contribution >= 0.6 is 0 Å². The predicted octanol–water partition coefficient (Wildman–Crippen LogP) is 1.34. The summed E-state index contributed by atoms with van der Waals surface area (Å²) in [7, 11) is 0. The van der Waals surface area contributed by atoms with Crippen molar-refractivity contribution in [2.24, 2.45) is 5.92 Å². The van der Waals surface area contributed by atoms with Gasteiger partial charge in [-0.05, 0) is 20.8 Å². The summed E-state index contributed by atoms with van der Waals surface area (Å²) in [5, 5.41) is 7.47. The smallest absolute Gasteiger partial charge is 0.319 e. The summed E-state index contributed by atoms with van der Waals surface area (Å²) in [4.78, 5) is 11.3. The fourth-order valence-electron chi connectivity index (χ4n) is 1.42. The van der Waals surface area contributed by atoms with Crippen LogP contribution in [-0.4, -0.2) is 24.1 Å². The molecule has 0 aromatic carbocycles. The largest absolute Gasteiger partial charge is 0.481 e. The van der Waals surface area contributed by atoms with Gasteiger partial charge in [-0.2, -0.15) is 0 Å². The molecular formula is C9H15NO3. The number of carbonyl (C=O) groups is 1.